The summed E-state index contributed by atoms with van der Waals surface area (Å²) >= 11 is 2.08. The molecule has 1 aromatic heterocycles. The summed E-state index contributed by atoms with van der Waals surface area (Å²) in [6.45, 7) is 0.483. The van der Waals surface area contributed by atoms with Crippen LogP contribution in [0.4, 0.5) is 5.69 Å². The maximum Gasteiger partial charge on any atom is 0.269 e. The van der Waals surface area contributed by atoms with Crippen molar-refractivity contribution in [2.75, 3.05) is 13.7 Å². The van der Waals surface area contributed by atoms with Crippen LogP contribution in [-0.4, -0.2) is 29.5 Å². The molecule has 1 heterocycles. The van der Waals surface area contributed by atoms with Crippen molar-refractivity contribution in [2.24, 2.45) is 0 Å². The Labute approximate surface area is 232 Å². The van der Waals surface area contributed by atoms with E-state index < -0.39 is 10.8 Å². The second-order valence-electron chi connectivity index (χ2n) is 8.29. The predicted molar refractivity (Wildman–Crippen MR) is 152 cm³/mol. The number of carbonyl (C=O) groups excluding carboxylic acids is 1. The molecule has 0 spiro atoms. The number of para-hydroxylation sites is 1. The number of nitro benzene ring substituents is 1. The summed E-state index contributed by atoms with van der Waals surface area (Å²) in [5, 5.41) is 24.6. The number of aromatic amines is 1. The van der Waals surface area contributed by atoms with Crippen molar-refractivity contribution in [1.29, 1.82) is 5.26 Å². The monoisotopic (exact) mass is 622 g/mol. The molecule has 0 saturated heterocycles. The first-order valence-electron chi connectivity index (χ1n) is 11.6. The molecule has 2 N–H and O–H groups in total. The van der Waals surface area contributed by atoms with Crippen LogP contribution >= 0.6 is 22.6 Å². The van der Waals surface area contributed by atoms with Gasteiger partial charge in [-0.1, -0.05) is 30.3 Å². The van der Waals surface area contributed by atoms with E-state index in [0.717, 1.165) is 16.5 Å². The highest BCUT2D eigenvalue weighted by molar-refractivity contribution is 14.1. The maximum atomic E-state index is 12.7. The van der Waals surface area contributed by atoms with Gasteiger partial charge in [0.15, 0.2) is 11.5 Å². The predicted octanol–water partition coefficient (Wildman–Crippen LogP) is 5.53. The van der Waals surface area contributed by atoms with Gasteiger partial charge < -0.3 is 19.8 Å². The largest absolute Gasteiger partial charge is 0.493 e. The Morgan fingerprint density at radius 1 is 1.21 bits per heavy atom. The average molecular weight is 622 g/mol. The number of aromatic nitrogens is 1. The van der Waals surface area contributed by atoms with Crippen molar-refractivity contribution < 1.29 is 19.2 Å². The molecule has 0 radical (unpaired) electrons. The van der Waals surface area contributed by atoms with Gasteiger partial charge in [-0.2, -0.15) is 5.26 Å². The molecule has 38 heavy (non-hydrogen) atoms. The van der Waals surface area contributed by atoms with Gasteiger partial charge in [-0.15, -0.1) is 0 Å². The minimum atomic E-state index is -0.465. The van der Waals surface area contributed by atoms with Crippen LogP contribution in [0.3, 0.4) is 0 Å². The SMILES string of the molecule is COc1cc(/C=C(/C#N)C(=O)NCCc2c[nH]c3ccccc23)cc(I)c1OCc1cccc([N+](=O)[O-])c1. The molecule has 4 aromatic rings. The Balaban J connectivity index is 1.44. The third-order valence-corrected chi connectivity index (χ3v) is 6.59. The van der Waals surface area contributed by atoms with Crippen molar-refractivity contribution in [3.63, 3.8) is 0 Å². The molecule has 192 valence electrons. The van der Waals surface area contributed by atoms with Gasteiger partial charge in [-0.3, -0.25) is 14.9 Å². The van der Waals surface area contributed by atoms with E-state index in [4.69, 9.17) is 9.47 Å². The smallest absolute Gasteiger partial charge is 0.269 e. The zero-order chi connectivity index (χ0) is 27.1. The molecule has 0 atom stereocenters. The first kappa shape index (κ1) is 26.7. The van der Waals surface area contributed by atoms with E-state index in [1.54, 1.807) is 24.3 Å². The number of hydrogen-bond acceptors (Lipinski definition) is 6. The number of carbonyl (C=O) groups is 1. The fraction of sp³-hybridized carbons (Fsp3) is 0.143. The van der Waals surface area contributed by atoms with Crippen molar-refractivity contribution in [1.82, 2.24) is 10.3 Å². The summed E-state index contributed by atoms with van der Waals surface area (Å²) in [6, 6.07) is 19.5. The highest BCUT2D eigenvalue weighted by atomic mass is 127. The molecule has 0 bridgehead atoms. The topological polar surface area (TPSA) is 130 Å². The average Bonchev–Trinajstić information content (AvgIpc) is 3.33. The van der Waals surface area contributed by atoms with Gasteiger partial charge in [-0.05, 0) is 70.0 Å². The minimum Gasteiger partial charge on any atom is -0.493 e. The van der Waals surface area contributed by atoms with Gasteiger partial charge in [0.1, 0.15) is 18.2 Å². The Morgan fingerprint density at radius 2 is 2.03 bits per heavy atom. The number of ether oxygens (including phenoxy) is 2. The second kappa shape index (κ2) is 12.2. The summed E-state index contributed by atoms with van der Waals surface area (Å²) < 4.78 is 12.1. The molecule has 0 aliphatic heterocycles. The van der Waals surface area contributed by atoms with Crippen LogP contribution in [-0.2, 0) is 17.8 Å². The molecular formula is C28H23IN4O5. The molecule has 3 aromatic carbocycles. The van der Waals surface area contributed by atoms with E-state index in [2.05, 4.69) is 32.9 Å². The van der Waals surface area contributed by atoms with Crippen LogP contribution in [0.5, 0.6) is 11.5 Å². The molecule has 0 aliphatic carbocycles. The van der Waals surface area contributed by atoms with Crippen molar-refractivity contribution in [2.45, 2.75) is 13.0 Å². The molecule has 0 fully saturated rings. The highest BCUT2D eigenvalue weighted by Crippen LogP contribution is 2.35. The number of nitriles is 1. The van der Waals surface area contributed by atoms with Crippen molar-refractivity contribution >= 4 is 51.2 Å². The number of hydrogen-bond donors (Lipinski definition) is 2. The summed E-state index contributed by atoms with van der Waals surface area (Å²) in [7, 11) is 1.49. The van der Waals surface area contributed by atoms with Gasteiger partial charge in [0.25, 0.3) is 11.6 Å². The van der Waals surface area contributed by atoms with Gasteiger partial charge in [-0.25, -0.2) is 0 Å². The van der Waals surface area contributed by atoms with Crippen LogP contribution in [0, 0.1) is 25.0 Å². The Morgan fingerprint density at radius 3 is 2.79 bits per heavy atom. The number of amides is 1. The number of fused-ring (bicyclic) bond motifs is 1. The van der Waals surface area contributed by atoms with Crippen molar-refractivity contribution in [3.05, 3.63) is 103 Å². The van der Waals surface area contributed by atoms with Gasteiger partial charge in [0, 0.05) is 35.8 Å². The quantitative estimate of drug-likeness (QED) is 0.0786. The number of H-pyrrole nitrogens is 1. The highest BCUT2D eigenvalue weighted by Gasteiger charge is 2.15. The lowest BCUT2D eigenvalue weighted by atomic mass is 10.1. The third kappa shape index (κ3) is 6.30. The van der Waals surface area contributed by atoms with E-state index in [1.807, 2.05) is 36.5 Å². The molecule has 0 saturated carbocycles. The van der Waals surface area contributed by atoms with E-state index >= 15 is 0 Å². The number of benzene rings is 3. The molecule has 1 amide bonds. The lowest BCUT2D eigenvalue weighted by Crippen LogP contribution is -2.26. The number of rotatable bonds is 10. The molecule has 0 aliphatic rings. The summed E-state index contributed by atoms with van der Waals surface area (Å²) in [5.41, 5.74) is 3.30. The first-order valence-corrected chi connectivity index (χ1v) is 12.7. The zero-order valence-electron chi connectivity index (χ0n) is 20.4. The van der Waals surface area contributed by atoms with Crippen LogP contribution in [0.15, 0.2) is 72.4 Å². The number of non-ortho nitro benzene ring substituents is 1. The fourth-order valence-electron chi connectivity index (χ4n) is 3.94. The minimum absolute atomic E-state index is 0.0167. The van der Waals surface area contributed by atoms with Crippen LogP contribution < -0.4 is 14.8 Å². The second-order valence-corrected chi connectivity index (χ2v) is 9.45. The first-order chi connectivity index (χ1) is 18.4. The van der Waals surface area contributed by atoms with E-state index in [0.29, 0.717) is 39.2 Å². The van der Waals surface area contributed by atoms with Crippen molar-refractivity contribution in [3.8, 4) is 17.6 Å². The van der Waals surface area contributed by atoms with Gasteiger partial charge in [0.05, 0.1) is 15.6 Å². The normalized spacial score (nSPS) is 11.1. The molecule has 10 heteroatoms. The Kier molecular flexibility index (Phi) is 8.60. The van der Waals surface area contributed by atoms with Crippen LogP contribution in [0.25, 0.3) is 17.0 Å². The number of methoxy groups -OCH3 is 1. The number of nitrogens with zero attached hydrogens (tertiary/aromatic N) is 2. The maximum absolute atomic E-state index is 12.7. The van der Waals surface area contributed by atoms with Crippen LogP contribution in [0.2, 0.25) is 0 Å². The van der Waals surface area contributed by atoms with E-state index in [-0.39, 0.29) is 17.9 Å². The standard InChI is InChI=1S/C28H23IN4O5/c1-37-26-14-19(13-24(29)27(26)38-17-18-5-4-6-22(12-18)33(35)36)11-21(15-30)28(34)31-10-9-20-16-32-25-8-3-2-7-23(20)25/h2-8,11-14,16,32H,9-10,17H2,1H3,(H,31,34)/b21-11-. The van der Waals surface area contributed by atoms with E-state index in [9.17, 15) is 20.2 Å². The molecule has 4 rings (SSSR count). The Bertz CT molecular complexity index is 1570. The zero-order valence-corrected chi connectivity index (χ0v) is 22.5. The fourth-order valence-corrected chi connectivity index (χ4v) is 4.72. The van der Waals surface area contributed by atoms with E-state index in [1.165, 1.54) is 25.3 Å². The Hall–Kier alpha value is -4.37. The summed E-state index contributed by atoms with van der Waals surface area (Å²) in [6.07, 6.45) is 4.04. The van der Waals surface area contributed by atoms with Crippen LogP contribution in [0.1, 0.15) is 16.7 Å². The van der Waals surface area contributed by atoms with Gasteiger partial charge >= 0.3 is 0 Å². The molecule has 0 unspecified atom stereocenters. The lowest BCUT2D eigenvalue weighted by Gasteiger charge is -2.14. The summed E-state index contributed by atoms with van der Waals surface area (Å²) in [5.74, 6) is 0.399. The third-order valence-electron chi connectivity index (χ3n) is 5.79. The number of nitrogens with one attached hydrogen (secondary N) is 2. The number of nitro groups is 1. The lowest BCUT2D eigenvalue weighted by molar-refractivity contribution is -0.384. The number of halogens is 1. The van der Waals surface area contributed by atoms with Gasteiger partial charge in [0.2, 0.25) is 0 Å². The molecule has 9 nitrogen and oxygen atoms in total. The molecular weight excluding hydrogens is 599 g/mol. The summed E-state index contributed by atoms with van der Waals surface area (Å²) in [4.78, 5) is 26.5.